The highest BCUT2D eigenvalue weighted by molar-refractivity contribution is 14.0. The summed E-state index contributed by atoms with van der Waals surface area (Å²) < 4.78 is 10.6. The minimum Gasteiger partial charge on any atom is -0.493 e. The van der Waals surface area contributed by atoms with Gasteiger partial charge in [-0.05, 0) is 31.9 Å². The van der Waals surface area contributed by atoms with Gasteiger partial charge < -0.3 is 25.2 Å². The van der Waals surface area contributed by atoms with Gasteiger partial charge in [-0.1, -0.05) is 6.42 Å². The predicted molar refractivity (Wildman–Crippen MR) is 108 cm³/mol. The van der Waals surface area contributed by atoms with Crippen molar-refractivity contribution in [3.05, 3.63) is 18.2 Å². The summed E-state index contributed by atoms with van der Waals surface area (Å²) in [6.45, 7) is 3.42. The lowest BCUT2D eigenvalue weighted by molar-refractivity contribution is 0.137. The molecule has 0 heterocycles. The Morgan fingerprint density at radius 3 is 2.58 bits per heavy atom. The lowest BCUT2D eigenvalue weighted by Gasteiger charge is -2.16. The molecule has 0 aliphatic heterocycles. The van der Waals surface area contributed by atoms with Gasteiger partial charge in [-0.25, -0.2) is 0 Å². The van der Waals surface area contributed by atoms with Crippen LogP contribution in [0.25, 0.3) is 0 Å². The molecule has 0 saturated heterocycles. The van der Waals surface area contributed by atoms with E-state index in [0.717, 1.165) is 31.5 Å². The molecule has 0 spiro atoms. The lowest BCUT2D eigenvalue weighted by atomic mass is 10.1. The number of hydrogen-bond donors (Lipinski definition) is 3. The Morgan fingerprint density at radius 2 is 2.00 bits per heavy atom. The highest BCUT2D eigenvalue weighted by atomic mass is 127. The molecule has 2 atom stereocenters. The third-order valence-electron chi connectivity index (χ3n) is 4.09. The van der Waals surface area contributed by atoms with E-state index < -0.39 is 0 Å². The molecule has 24 heavy (non-hydrogen) atoms. The van der Waals surface area contributed by atoms with Crippen molar-refractivity contribution in [2.75, 3.05) is 32.6 Å². The highest BCUT2D eigenvalue weighted by Crippen LogP contribution is 2.30. The van der Waals surface area contributed by atoms with Crippen molar-refractivity contribution in [3.63, 3.8) is 0 Å². The van der Waals surface area contributed by atoms with Gasteiger partial charge in [-0.15, -0.1) is 24.0 Å². The van der Waals surface area contributed by atoms with Crippen LogP contribution in [0.1, 0.15) is 26.2 Å². The highest BCUT2D eigenvalue weighted by Gasteiger charge is 2.24. The van der Waals surface area contributed by atoms with Crippen molar-refractivity contribution in [2.45, 2.75) is 32.3 Å². The molecular weight excluding hydrogens is 421 g/mol. The number of hydrogen-bond acceptors (Lipinski definition) is 4. The summed E-state index contributed by atoms with van der Waals surface area (Å²) in [5, 5.41) is 16.4. The fourth-order valence-electron chi connectivity index (χ4n) is 2.80. The molecule has 1 aromatic rings. The zero-order valence-corrected chi connectivity index (χ0v) is 16.9. The monoisotopic (exact) mass is 449 g/mol. The molecule has 1 aliphatic rings. The number of halogens is 1. The molecule has 7 heteroatoms. The first kappa shape index (κ1) is 20.8. The third-order valence-corrected chi connectivity index (χ3v) is 4.09. The molecule has 2 rings (SSSR count). The number of ether oxygens (including phenoxy) is 2. The zero-order chi connectivity index (χ0) is 16.7. The Kier molecular flexibility index (Phi) is 9.20. The largest absolute Gasteiger partial charge is 0.493 e. The molecule has 0 bridgehead atoms. The zero-order valence-electron chi connectivity index (χ0n) is 14.5. The Bertz CT molecular complexity index is 540. The smallest absolute Gasteiger partial charge is 0.195 e. The average molecular weight is 449 g/mol. The van der Waals surface area contributed by atoms with Gasteiger partial charge in [0, 0.05) is 30.8 Å². The van der Waals surface area contributed by atoms with Gasteiger partial charge in [0.05, 0.1) is 20.3 Å². The predicted octanol–water partition coefficient (Wildman–Crippen LogP) is 2.86. The van der Waals surface area contributed by atoms with Gasteiger partial charge in [-0.2, -0.15) is 0 Å². The van der Waals surface area contributed by atoms with Crippen molar-refractivity contribution in [1.82, 2.24) is 5.32 Å². The number of aliphatic imine (C=N–C) groups is 1. The molecule has 0 amide bonds. The summed E-state index contributed by atoms with van der Waals surface area (Å²) in [5.41, 5.74) is 0.870. The Balaban J connectivity index is 0.00000288. The number of nitrogens with zero attached hydrogens (tertiary/aromatic N) is 1. The third kappa shape index (κ3) is 5.70. The number of anilines is 1. The van der Waals surface area contributed by atoms with Crippen LogP contribution < -0.4 is 20.1 Å². The molecular formula is C17H28IN3O3. The van der Waals surface area contributed by atoms with Crippen LogP contribution >= 0.6 is 24.0 Å². The molecule has 1 aliphatic carbocycles. The molecule has 3 N–H and O–H groups in total. The van der Waals surface area contributed by atoms with E-state index in [1.807, 2.05) is 25.1 Å². The summed E-state index contributed by atoms with van der Waals surface area (Å²) in [6, 6.07) is 5.64. The molecule has 0 aromatic heterocycles. The van der Waals surface area contributed by atoms with E-state index in [0.29, 0.717) is 24.0 Å². The molecule has 2 unspecified atom stereocenters. The van der Waals surface area contributed by atoms with Gasteiger partial charge in [0.1, 0.15) is 0 Å². The molecule has 0 radical (unpaired) electrons. The van der Waals surface area contributed by atoms with Crippen LogP contribution in [-0.2, 0) is 0 Å². The second-order valence-corrected chi connectivity index (χ2v) is 5.67. The van der Waals surface area contributed by atoms with Crippen LogP contribution in [0.3, 0.4) is 0 Å². The number of benzene rings is 1. The van der Waals surface area contributed by atoms with Crippen LogP contribution in [0.4, 0.5) is 5.69 Å². The second kappa shape index (κ2) is 10.6. The first-order valence-electron chi connectivity index (χ1n) is 8.13. The van der Waals surface area contributed by atoms with Crippen LogP contribution in [0.15, 0.2) is 23.2 Å². The van der Waals surface area contributed by atoms with E-state index in [1.54, 1.807) is 14.2 Å². The number of rotatable bonds is 6. The normalized spacial score (nSPS) is 20.2. The lowest BCUT2D eigenvalue weighted by Crippen LogP contribution is -2.31. The minimum atomic E-state index is -0.220. The number of guanidine groups is 1. The SMILES string of the molecule is CCNC(=NCC1CCCC1O)Nc1ccc(OC)c(OC)c1.I. The maximum atomic E-state index is 9.91. The Hall–Kier alpha value is -1.22. The number of aliphatic hydroxyl groups is 1. The van der Waals surface area contributed by atoms with Gasteiger partial charge in [0.2, 0.25) is 0 Å². The first-order chi connectivity index (χ1) is 11.2. The topological polar surface area (TPSA) is 75.1 Å². The van der Waals surface area contributed by atoms with E-state index in [1.165, 1.54) is 0 Å². The van der Waals surface area contributed by atoms with E-state index in [9.17, 15) is 5.11 Å². The number of aliphatic hydroxyl groups excluding tert-OH is 1. The van der Waals surface area contributed by atoms with Gasteiger partial charge in [0.15, 0.2) is 17.5 Å². The fraction of sp³-hybridized carbons (Fsp3) is 0.588. The molecule has 1 fully saturated rings. The van der Waals surface area contributed by atoms with Crippen molar-refractivity contribution >= 4 is 35.6 Å². The van der Waals surface area contributed by atoms with Crippen LogP contribution in [0, 0.1) is 5.92 Å². The summed E-state index contributed by atoms with van der Waals surface area (Å²) in [5.74, 6) is 2.32. The van der Waals surface area contributed by atoms with E-state index in [4.69, 9.17) is 9.47 Å². The van der Waals surface area contributed by atoms with E-state index in [-0.39, 0.29) is 36.0 Å². The van der Waals surface area contributed by atoms with Gasteiger partial charge >= 0.3 is 0 Å². The fourth-order valence-corrected chi connectivity index (χ4v) is 2.80. The Labute approximate surface area is 161 Å². The van der Waals surface area contributed by atoms with Crippen molar-refractivity contribution < 1.29 is 14.6 Å². The standard InChI is InChI=1S/C17H27N3O3.HI/c1-4-18-17(19-11-12-6-5-7-14(12)21)20-13-8-9-15(22-2)16(10-13)23-3;/h8-10,12,14,21H,4-7,11H2,1-3H3,(H2,18,19,20);1H. The molecule has 1 aromatic carbocycles. The average Bonchev–Trinajstić information content (AvgIpc) is 2.97. The summed E-state index contributed by atoms with van der Waals surface area (Å²) in [4.78, 5) is 4.60. The second-order valence-electron chi connectivity index (χ2n) is 5.67. The van der Waals surface area contributed by atoms with E-state index in [2.05, 4.69) is 15.6 Å². The summed E-state index contributed by atoms with van der Waals surface area (Å²) in [7, 11) is 3.23. The number of nitrogens with one attached hydrogen (secondary N) is 2. The van der Waals surface area contributed by atoms with Crippen molar-refractivity contribution in [2.24, 2.45) is 10.9 Å². The number of methoxy groups -OCH3 is 2. The van der Waals surface area contributed by atoms with Crippen LogP contribution in [0.5, 0.6) is 11.5 Å². The quantitative estimate of drug-likeness (QED) is 0.354. The molecule has 6 nitrogen and oxygen atoms in total. The van der Waals surface area contributed by atoms with Crippen molar-refractivity contribution in [1.29, 1.82) is 0 Å². The first-order valence-corrected chi connectivity index (χ1v) is 8.13. The maximum absolute atomic E-state index is 9.91. The Morgan fingerprint density at radius 1 is 1.25 bits per heavy atom. The van der Waals surface area contributed by atoms with E-state index >= 15 is 0 Å². The maximum Gasteiger partial charge on any atom is 0.195 e. The summed E-state index contributed by atoms with van der Waals surface area (Å²) >= 11 is 0. The molecule has 136 valence electrons. The van der Waals surface area contributed by atoms with Crippen LogP contribution in [-0.4, -0.2) is 44.5 Å². The molecule has 1 saturated carbocycles. The van der Waals surface area contributed by atoms with Crippen LogP contribution in [0.2, 0.25) is 0 Å². The van der Waals surface area contributed by atoms with Gasteiger partial charge in [-0.3, -0.25) is 4.99 Å². The van der Waals surface area contributed by atoms with Crippen molar-refractivity contribution in [3.8, 4) is 11.5 Å². The summed E-state index contributed by atoms with van der Waals surface area (Å²) in [6.07, 6.45) is 2.80. The van der Waals surface area contributed by atoms with Gasteiger partial charge in [0.25, 0.3) is 0 Å². The minimum absolute atomic E-state index is 0.